The lowest BCUT2D eigenvalue weighted by molar-refractivity contribution is 0.243. The molecule has 0 saturated heterocycles. The van der Waals surface area contributed by atoms with Crippen LogP contribution >= 0.6 is 0 Å². The molecule has 0 unspecified atom stereocenters. The Kier molecular flexibility index (Phi) is 7.00. The van der Waals surface area contributed by atoms with Crippen LogP contribution in [0.15, 0.2) is 12.1 Å². The molecule has 1 aliphatic rings. The average molecular weight is 386 g/mol. The Morgan fingerprint density at radius 3 is 2.54 bits per heavy atom. The van der Waals surface area contributed by atoms with E-state index in [4.69, 9.17) is 14.5 Å². The number of fused-ring (bicyclic) bond motifs is 3. The van der Waals surface area contributed by atoms with Gasteiger partial charge in [-0.05, 0) is 69.8 Å². The van der Waals surface area contributed by atoms with Crippen molar-refractivity contribution < 1.29 is 9.47 Å². The highest BCUT2D eigenvalue weighted by Gasteiger charge is 2.22. The molecular formula is C23H35N3O2. The van der Waals surface area contributed by atoms with Gasteiger partial charge in [-0.2, -0.15) is 0 Å². The molecule has 28 heavy (non-hydrogen) atoms. The summed E-state index contributed by atoms with van der Waals surface area (Å²) in [7, 11) is 1.71. The van der Waals surface area contributed by atoms with Crippen LogP contribution in [-0.2, 0) is 12.8 Å². The number of rotatable bonds is 10. The predicted octanol–water partition coefficient (Wildman–Crippen LogP) is 4.66. The van der Waals surface area contributed by atoms with Gasteiger partial charge in [-0.25, -0.2) is 4.98 Å². The number of nitrogens with one attached hydrogen (secondary N) is 1. The molecule has 1 aromatic heterocycles. The number of pyridine rings is 1. The van der Waals surface area contributed by atoms with Crippen LogP contribution in [0.4, 0.5) is 5.82 Å². The van der Waals surface area contributed by atoms with Crippen molar-refractivity contribution >= 4 is 16.7 Å². The molecule has 0 aliphatic heterocycles. The van der Waals surface area contributed by atoms with Gasteiger partial charge in [-0.15, -0.1) is 0 Å². The zero-order valence-electron chi connectivity index (χ0n) is 18.1. The molecule has 0 bridgehead atoms. The molecule has 2 aromatic rings. The predicted molar refractivity (Wildman–Crippen MR) is 117 cm³/mol. The highest BCUT2D eigenvalue weighted by atomic mass is 16.5. The molecular weight excluding hydrogens is 350 g/mol. The summed E-state index contributed by atoms with van der Waals surface area (Å²) >= 11 is 0. The quantitative estimate of drug-likeness (QED) is 0.603. The summed E-state index contributed by atoms with van der Waals surface area (Å²) in [6.07, 6.45) is 4.39. The lowest BCUT2D eigenvalue weighted by Gasteiger charge is -2.19. The zero-order chi connectivity index (χ0) is 20.1. The first-order valence-electron chi connectivity index (χ1n) is 10.7. The molecule has 0 saturated carbocycles. The molecule has 0 spiro atoms. The Bertz CT molecular complexity index is 800. The van der Waals surface area contributed by atoms with Crippen molar-refractivity contribution in [1.82, 2.24) is 9.88 Å². The second-order valence-corrected chi connectivity index (χ2v) is 7.82. The summed E-state index contributed by atoms with van der Waals surface area (Å²) in [6, 6.07) is 4.53. The van der Waals surface area contributed by atoms with Gasteiger partial charge in [-0.1, -0.05) is 13.8 Å². The van der Waals surface area contributed by atoms with Gasteiger partial charge in [0, 0.05) is 24.0 Å². The van der Waals surface area contributed by atoms with E-state index in [0.29, 0.717) is 12.6 Å². The largest absolute Gasteiger partial charge is 0.493 e. The second-order valence-electron chi connectivity index (χ2n) is 7.82. The smallest absolute Gasteiger partial charge is 0.163 e. The van der Waals surface area contributed by atoms with Crippen LogP contribution in [0.2, 0.25) is 0 Å². The number of hydrogen-bond acceptors (Lipinski definition) is 5. The summed E-state index contributed by atoms with van der Waals surface area (Å²) in [4.78, 5) is 7.36. The maximum atomic E-state index is 6.10. The van der Waals surface area contributed by atoms with Gasteiger partial charge in [0.25, 0.3) is 0 Å². The molecule has 0 radical (unpaired) electrons. The third kappa shape index (κ3) is 4.52. The molecule has 3 rings (SSSR count). The van der Waals surface area contributed by atoms with Crippen LogP contribution in [0.5, 0.6) is 11.5 Å². The summed E-state index contributed by atoms with van der Waals surface area (Å²) in [5.74, 6) is 2.62. The lowest BCUT2D eigenvalue weighted by Crippen LogP contribution is -2.25. The second kappa shape index (κ2) is 9.46. The van der Waals surface area contributed by atoms with Crippen LogP contribution in [0.1, 0.15) is 51.7 Å². The van der Waals surface area contributed by atoms with E-state index in [0.717, 1.165) is 61.7 Å². The Morgan fingerprint density at radius 2 is 1.86 bits per heavy atom. The third-order valence-corrected chi connectivity index (χ3v) is 5.54. The first-order chi connectivity index (χ1) is 13.6. The summed E-state index contributed by atoms with van der Waals surface area (Å²) in [5, 5.41) is 4.74. The third-order valence-electron chi connectivity index (χ3n) is 5.54. The van der Waals surface area contributed by atoms with E-state index in [1.54, 1.807) is 7.11 Å². The normalized spacial score (nSPS) is 13.4. The molecule has 1 heterocycles. The van der Waals surface area contributed by atoms with E-state index in [9.17, 15) is 0 Å². The highest BCUT2D eigenvalue weighted by Crippen LogP contribution is 2.39. The summed E-state index contributed by atoms with van der Waals surface area (Å²) in [5.41, 5.74) is 3.78. The average Bonchev–Trinajstić information content (AvgIpc) is 3.17. The fourth-order valence-electron chi connectivity index (χ4n) is 4.05. The highest BCUT2D eigenvalue weighted by molar-refractivity contribution is 5.89. The van der Waals surface area contributed by atoms with Crippen molar-refractivity contribution in [1.29, 1.82) is 0 Å². The Morgan fingerprint density at radius 1 is 1.11 bits per heavy atom. The standard InChI is InChI=1S/C23H35N3O2/c1-6-26(7-2)12-9-13-28-22-15-20-19(14-21(22)27-5)17-10-8-11-18(17)23(25-20)24-16(3)4/h14-16H,6-13H2,1-5H3,(H,24,25). The Hall–Kier alpha value is -2.01. The van der Waals surface area contributed by atoms with Gasteiger partial charge in [0.1, 0.15) is 5.82 Å². The van der Waals surface area contributed by atoms with Crippen molar-refractivity contribution in [2.45, 2.75) is 59.4 Å². The fraction of sp³-hybridized carbons (Fsp3) is 0.609. The van der Waals surface area contributed by atoms with Crippen LogP contribution < -0.4 is 14.8 Å². The van der Waals surface area contributed by atoms with Gasteiger partial charge in [0.15, 0.2) is 11.5 Å². The topological polar surface area (TPSA) is 46.6 Å². The number of anilines is 1. The molecule has 1 N–H and O–H groups in total. The van der Waals surface area contributed by atoms with E-state index in [2.05, 4.69) is 50.0 Å². The maximum Gasteiger partial charge on any atom is 0.163 e. The van der Waals surface area contributed by atoms with E-state index >= 15 is 0 Å². The molecule has 5 heteroatoms. The van der Waals surface area contributed by atoms with Crippen LogP contribution in [0, 0.1) is 0 Å². The SMILES string of the molecule is CCN(CC)CCCOc1cc2nc(NC(C)C)c3c(c2cc1OC)CCC3. The van der Waals surface area contributed by atoms with Gasteiger partial charge < -0.3 is 19.7 Å². The monoisotopic (exact) mass is 385 g/mol. The van der Waals surface area contributed by atoms with Crippen molar-refractivity contribution in [3.05, 3.63) is 23.3 Å². The Labute approximate surface area is 169 Å². The van der Waals surface area contributed by atoms with E-state index in [1.807, 2.05) is 0 Å². The fourth-order valence-corrected chi connectivity index (χ4v) is 4.05. The molecule has 1 aromatic carbocycles. The number of benzene rings is 1. The van der Waals surface area contributed by atoms with Gasteiger partial charge in [0.2, 0.25) is 0 Å². The maximum absolute atomic E-state index is 6.10. The number of methoxy groups -OCH3 is 1. The minimum absolute atomic E-state index is 0.365. The van der Waals surface area contributed by atoms with E-state index in [-0.39, 0.29) is 0 Å². The molecule has 0 amide bonds. The molecule has 1 aliphatic carbocycles. The van der Waals surface area contributed by atoms with E-state index in [1.165, 1.54) is 22.9 Å². The van der Waals surface area contributed by atoms with Crippen molar-refractivity contribution in [2.24, 2.45) is 0 Å². The number of aryl methyl sites for hydroxylation is 1. The molecule has 5 nitrogen and oxygen atoms in total. The van der Waals surface area contributed by atoms with Gasteiger partial charge >= 0.3 is 0 Å². The first kappa shape index (κ1) is 20.7. The van der Waals surface area contributed by atoms with Crippen LogP contribution in [0.3, 0.4) is 0 Å². The number of ether oxygens (including phenoxy) is 2. The summed E-state index contributed by atoms with van der Waals surface area (Å²) < 4.78 is 11.8. The van der Waals surface area contributed by atoms with Gasteiger partial charge in [0.05, 0.1) is 19.2 Å². The number of hydrogen-bond donors (Lipinski definition) is 1. The first-order valence-corrected chi connectivity index (χ1v) is 10.7. The zero-order valence-corrected chi connectivity index (χ0v) is 18.1. The summed E-state index contributed by atoms with van der Waals surface area (Å²) in [6.45, 7) is 12.6. The Balaban J connectivity index is 1.86. The molecule has 0 atom stereocenters. The molecule has 154 valence electrons. The van der Waals surface area contributed by atoms with Crippen molar-refractivity contribution in [2.75, 3.05) is 38.7 Å². The lowest BCUT2D eigenvalue weighted by atomic mass is 10.0. The minimum Gasteiger partial charge on any atom is -0.493 e. The molecule has 0 fully saturated rings. The van der Waals surface area contributed by atoms with E-state index < -0.39 is 0 Å². The number of nitrogens with zero attached hydrogens (tertiary/aromatic N) is 2. The van der Waals surface area contributed by atoms with Gasteiger partial charge in [-0.3, -0.25) is 0 Å². The van der Waals surface area contributed by atoms with Crippen LogP contribution in [0.25, 0.3) is 10.9 Å². The van der Waals surface area contributed by atoms with Crippen molar-refractivity contribution in [3.63, 3.8) is 0 Å². The minimum atomic E-state index is 0.365. The number of aromatic nitrogens is 1. The van der Waals surface area contributed by atoms with Crippen LogP contribution in [-0.4, -0.2) is 49.3 Å². The van der Waals surface area contributed by atoms with Crippen molar-refractivity contribution in [3.8, 4) is 11.5 Å².